The number of hydrogen-bond acceptors (Lipinski definition) is 6. The van der Waals surface area contributed by atoms with Crippen LogP contribution in [0.25, 0.3) is 0 Å². The van der Waals surface area contributed by atoms with Crippen LogP contribution in [0.4, 0.5) is 15.6 Å². The van der Waals surface area contributed by atoms with Gasteiger partial charge in [0.15, 0.2) is 5.82 Å². The SMILES string of the molecule is Cc1cc(NC(=O)Nc2scc(S(=O)(=O)c3ccc(Cl)cc3)c2C)no1. The van der Waals surface area contributed by atoms with Crippen molar-refractivity contribution in [3.8, 4) is 0 Å². The van der Waals surface area contributed by atoms with Crippen molar-refractivity contribution in [3.05, 3.63) is 52.1 Å². The second-order valence-corrected chi connectivity index (χ2v) is 8.65. The van der Waals surface area contributed by atoms with Gasteiger partial charge in [0.05, 0.1) is 9.79 Å². The second kappa shape index (κ2) is 7.10. The maximum Gasteiger partial charge on any atom is 0.325 e. The Balaban J connectivity index is 1.81. The third-order valence-corrected chi connectivity index (χ3v) is 6.80. The van der Waals surface area contributed by atoms with E-state index in [4.69, 9.17) is 16.1 Å². The quantitative estimate of drug-likeness (QED) is 0.658. The lowest BCUT2D eigenvalue weighted by atomic mass is 10.3. The molecular weight excluding hydrogens is 398 g/mol. The Morgan fingerprint density at radius 3 is 2.50 bits per heavy atom. The van der Waals surface area contributed by atoms with E-state index in [9.17, 15) is 13.2 Å². The Bertz CT molecular complexity index is 1060. The molecule has 0 bridgehead atoms. The van der Waals surface area contributed by atoms with E-state index < -0.39 is 15.9 Å². The number of carbonyl (C=O) groups excluding carboxylic acids is 1. The zero-order valence-corrected chi connectivity index (χ0v) is 16.1. The van der Waals surface area contributed by atoms with E-state index in [0.29, 0.717) is 21.3 Å². The molecule has 136 valence electrons. The van der Waals surface area contributed by atoms with Crippen molar-refractivity contribution in [2.75, 3.05) is 10.6 Å². The molecule has 0 unspecified atom stereocenters. The first kappa shape index (κ1) is 18.4. The Morgan fingerprint density at radius 2 is 1.88 bits per heavy atom. The fourth-order valence-electron chi connectivity index (χ4n) is 2.21. The first-order valence-electron chi connectivity index (χ1n) is 7.37. The number of carbonyl (C=O) groups is 1. The summed E-state index contributed by atoms with van der Waals surface area (Å²) in [4.78, 5) is 12.3. The van der Waals surface area contributed by atoms with Crippen LogP contribution < -0.4 is 10.6 Å². The number of anilines is 2. The van der Waals surface area contributed by atoms with Crippen molar-refractivity contribution in [2.45, 2.75) is 23.6 Å². The predicted molar refractivity (Wildman–Crippen MR) is 99.8 cm³/mol. The smallest absolute Gasteiger partial charge is 0.325 e. The number of hydrogen-bond donors (Lipinski definition) is 2. The van der Waals surface area contributed by atoms with Gasteiger partial charge in [-0.15, -0.1) is 11.3 Å². The zero-order valence-electron chi connectivity index (χ0n) is 13.7. The van der Waals surface area contributed by atoms with Gasteiger partial charge in [-0.05, 0) is 38.1 Å². The molecule has 3 aromatic rings. The molecule has 2 aromatic heterocycles. The van der Waals surface area contributed by atoms with E-state index in [0.717, 1.165) is 11.3 Å². The number of urea groups is 1. The van der Waals surface area contributed by atoms with Crippen LogP contribution >= 0.6 is 22.9 Å². The third-order valence-electron chi connectivity index (χ3n) is 3.50. The summed E-state index contributed by atoms with van der Waals surface area (Å²) < 4.78 is 30.4. The Labute approximate surface area is 158 Å². The number of nitrogens with one attached hydrogen (secondary N) is 2. The lowest BCUT2D eigenvalue weighted by Gasteiger charge is -2.06. The van der Waals surface area contributed by atoms with Crippen molar-refractivity contribution in [1.82, 2.24) is 5.16 Å². The van der Waals surface area contributed by atoms with Crippen molar-refractivity contribution in [2.24, 2.45) is 0 Å². The van der Waals surface area contributed by atoms with Crippen LogP contribution in [0.2, 0.25) is 5.02 Å². The molecule has 2 N–H and O–H groups in total. The number of thiophene rings is 1. The maximum absolute atomic E-state index is 12.8. The number of aryl methyl sites for hydroxylation is 1. The van der Waals surface area contributed by atoms with E-state index in [2.05, 4.69) is 15.8 Å². The summed E-state index contributed by atoms with van der Waals surface area (Å²) in [5.74, 6) is 0.826. The molecule has 2 heterocycles. The number of halogens is 1. The number of sulfone groups is 1. The molecule has 3 rings (SSSR count). The molecule has 0 spiro atoms. The van der Waals surface area contributed by atoms with Gasteiger partial charge in [-0.2, -0.15) is 0 Å². The van der Waals surface area contributed by atoms with Crippen LogP contribution in [0.1, 0.15) is 11.3 Å². The molecule has 1 aromatic carbocycles. The van der Waals surface area contributed by atoms with Gasteiger partial charge in [-0.3, -0.25) is 10.6 Å². The van der Waals surface area contributed by atoms with Crippen LogP contribution in [-0.4, -0.2) is 19.6 Å². The average Bonchev–Trinajstić information content (AvgIpc) is 3.14. The fourth-order valence-corrected chi connectivity index (χ4v) is 5.14. The highest BCUT2D eigenvalue weighted by Gasteiger charge is 2.24. The molecule has 7 nitrogen and oxygen atoms in total. The molecule has 0 fully saturated rings. The number of nitrogens with zero attached hydrogens (tertiary/aromatic N) is 1. The molecule has 0 radical (unpaired) electrons. The summed E-state index contributed by atoms with van der Waals surface area (Å²) in [6, 6.07) is 6.95. The number of amides is 2. The molecule has 0 aliphatic rings. The molecule has 26 heavy (non-hydrogen) atoms. The summed E-state index contributed by atoms with van der Waals surface area (Å²) in [5.41, 5.74) is 0.455. The average molecular weight is 412 g/mol. The monoisotopic (exact) mass is 411 g/mol. The topological polar surface area (TPSA) is 101 Å². The largest absolute Gasteiger partial charge is 0.360 e. The molecule has 0 saturated heterocycles. The van der Waals surface area contributed by atoms with E-state index in [1.165, 1.54) is 29.6 Å². The molecule has 0 aliphatic carbocycles. The van der Waals surface area contributed by atoms with Gasteiger partial charge in [-0.1, -0.05) is 16.8 Å². The van der Waals surface area contributed by atoms with Gasteiger partial charge in [0.25, 0.3) is 0 Å². The van der Waals surface area contributed by atoms with Crippen molar-refractivity contribution < 1.29 is 17.7 Å². The normalized spacial score (nSPS) is 11.3. The molecule has 0 aliphatic heterocycles. The highest BCUT2D eigenvalue weighted by Crippen LogP contribution is 2.34. The van der Waals surface area contributed by atoms with Gasteiger partial charge in [0, 0.05) is 22.0 Å². The van der Waals surface area contributed by atoms with E-state index in [1.807, 2.05) is 0 Å². The maximum atomic E-state index is 12.8. The second-order valence-electron chi connectivity index (χ2n) is 5.41. The van der Waals surface area contributed by atoms with Gasteiger partial charge in [0.1, 0.15) is 10.8 Å². The minimum Gasteiger partial charge on any atom is -0.360 e. The zero-order chi connectivity index (χ0) is 18.9. The Morgan fingerprint density at radius 1 is 1.19 bits per heavy atom. The Hall–Kier alpha value is -2.36. The van der Waals surface area contributed by atoms with Crippen LogP contribution in [0.15, 0.2) is 50.0 Å². The van der Waals surface area contributed by atoms with E-state index in [1.54, 1.807) is 19.9 Å². The van der Waals surface area contributed by atoms with Crippen LogP contribution in [-0.2, 0) is 9.84 Å². The van der Waals surface area contributed by atoms with Crippen molar-refractivity contribution in [3.63, 3.8) is 0 Å². The van der Waals surface area contributed by atoms with E-state index >= 15 is 0 Å². The van der Waals surface area contributed by atoms with Crippen molar-refractivity contribution >= 4 is 49.6 Å². The summed E-state index contributed by atoms with van der Waals surface area (Å²) in [5, 5.41) is 11.2. The summed E-state index contributed by atoms with van der Waals surface area (Å²) >= 11 is 6.93. The lowest BCUT2D eigenvalue weighted by molar-refractivity contribution is 0.262. The van der Waals surface area contributed by atoms with Crippen LogP contribution in [0.5, 0.6) is 0 Å². The number of aromatic nitrogens is 1. The lowest BCUT2D eigenvalue weighted by Crippen LogP contribution is -2.19. The van der Waals surface area contributed by atoms with Crippen LogP contribution in [0.3, 0.4) is 0 Å². The summed E-state index contributed by atoms with van der Waals surface area (Å²) in [6.45, 7) is 3.34. The fraction of sp³-hybridized carbons (Fsp3) is 0.125. The molecular formula is C16H14ClN3O4S2. The van der Waals surface area contributed by atoms with Crippen LogP contribution in [0, 0.1) is 13.8 Å². The third kappa shape index (κ3) is 3.74. The van der Waals surface area contributed by atoms with Gasteiger partial charge < -0.3 is 4.52 Å². The molecule has 0 atom stereocenters. The molecule has 2 amide bonds. The minimum atomic E-state index is -3.70. The van der Waals surface area contributed by atoms with Gasteiger partial charge in [-0.25, -0.2) is 13.2 Å². The first-order valence-corrected chi connectivity index (χ1v) is 10.1. The highest BCUT2D eigenvalue weighted by atomic mass is 35.5. The van der Waals surface area contributed by atoms with Gasteiger partial charge >= 0.3 is 6.03 Å². The minimum absolute atomic E-state index is 0.136. The van der Waals surface area contributed by atoms with E-state index in [-0.39, 0.29) is 15.6 Å². The molecule has 0 saturated carbocycles. The van der Waals surface area contributed by atoms with Crippen molar-refractivity contribution in [1.29, 1.82) is 0 Å². The summed E-state index contributed by atoms with van der Waals surface area (Å²) in [6.07, 6.45) is 0. The molecule has 10 heteroatoms. The summed E-state index contributed by atoms with van der Waals surface area (Å²) in [7, 11) is -3.70. The highest BCUT2D eigenvalue weighted by molar-refractivity contribution is 7.91. The first-order chi connectivity index (χ1) is 12.3. The van der Waals surface area contributed by atoms with Gasteiger partial charge in [0.2, 0.25) is 9.84 Å². The number of benzene rings is 1. The number of rotatable bonds is 4. The standard InChI is InChI=1S/C16H14ClN3O4S2/c1-9-7-14(20-24-9)18-16(21)19-15-10(2)13(8-25-15)26(22,23)12-5-3-11(17)4-6-12/h3-8H,1-2H3,(H2,18,19,20,21). The predicted octanol–water partition coefficient (Wildman–Crippen LogP) is 4.48. The Kier molecular flexibility index (Phi) is 5.03.